The standard InChI is InChI=1S/C33H35N5O5S/c1-44(42,43)29-9-6-25(7-10-29)31(39)26-12-18-38(19-13-26)33(41)27-8-11-30(35-21-27)32(40)36-28-14-16-37(17-15-28)22-24-4-2-23(20-34)3-5-24/h2-11,21,26,28H,12-19,22H2,1H3,(H,36,40). The number of amides is 2. The molecule has 0 saturated carbocycles. The molecule has 2 aliphatic rings. The number of nitriles is 1. The van der Waals surface area contributed by atoms with Crippen LogP contribution in [-0.2, 0) is 16.4 Å². The Labute approximate surface area is 257 Å². The number of sulfone groups is 1. The number of piperidine rings is 2. The summed E-state index contributed by atoms with van der Waals surface area (Å²) < 4.78 is 23.4. The van der Waals surface area contributed by atoms with E-state index in [0.717, 1.165) is 44.3 Å². The SMILES string of the molecule is CS(=O)(=O)c1ccc(C(=O)C2CCN(C(=O)c3ccc(C(=O)NC4CCN(Cc5ccc(C#N)cc5)CC4)nc3)CC2)cc1. The number of nitrogens with one attached hydrogen (secondary N) is 1. The summed E-state index contributed by atoms with van der Waals surface area (Å²) in [5, 5.41) is 12.0. The minimum atomic E-state index is -3.33. The lowest BCUT2D eigenvalue weighted by Gasteiger charge is -2.32. The van der Waals surface area contributed by atoms with Gasteiger partial charge in [0.15, 0.2) is 15.6 Å². The van der Waals surface area contributed by atoms with Crippen LogP contribution >= 0.6 is 0 Å². The van der Waals surface area contributed by atoms with Gasteiger partial charge in [-0.05, 0) is 67.6 Å². The van der Waals surface area contributed by atoms with Gasteiger partial charge in [0, 0.05) is 62.7 Å². The maximum Gasteiger partial charge on any atom is 0.270 e. The molecule has 0 atom stereocenters. The number of ketones is 1. The van der Waals surface area contributed by atoms with Crippen molar-refractivity contribution in [3.8, 4) is 6.07 Å². The van der Waals surface area contributed by atoms with Crippen LogP contribution < -0.4 is 5.32 Å². The highest BCUT2D eigenvalue weighted by atomic mass is 32.2. The van der Waals surface area contributed by atoms with E-state index in [9.17, 15) is 22.8 Å². The maximum atomic E-state index is 13.1. The maximum absolute atomic E-state index is 13.1. The Morgan fingerprint density at radius 3 is 2.09 bits per heavy atom. The van der Waals surface area contributed by atoms with Gasteiger partial charge >= 0.3 is 0 Å². The molecule has 0 unspecified atom stereocenters. The fourth-order valence-electron chi connectivity index (χ4n) is 5.72. The van der Waals surface area contributed by atoms with Gasteiger partial charge in [-0.3, -0.25) is 24.3 Å². The predicted octanol–water partition coefficient (Wildman–Crippen LogP) is 3.49. The van der Waals surface area contributed by atoms with Crippen LogP contribution in [-0.4, -0.2) is 79.3 Å². The molecule has 228 valence electrons. The van der Waals surface area contributed by atoms with Crippen LogP contribution in [0.4, 0.5) is 0 Å². The number of pyridine rings is 1. The zero-order valence-electron chi connectivity index (χ0n) is 24.6. The molecule has 3 heterocycles. The second-order valence-corrected chi connectivity index (χ2v) is 13.5. The lowest BCUT2D eigenvalue weighted by molar-refractivity contribution is 0.0649. The summed E-state index contributed by atoms with van der Waals surface area (Å²) in [4.78, 5) is 47.3. The molecule has 11 heteroatoms. The molecule has 2 fully saturated rings. The zero-order chi connectivity index (χ0) is 31.3. The Balaban J connectivity index is 1.07. The fourth-order valence-corrected chi connectivity index (χ4v) is 6.35. The molecule has 5 rings (SSSR count). The van der Waals surface area contributed by atoms with Gasteiger partial charge < -0.3 is 10.2 Å². The number of carbonyl (C=O) groups excluding carboxylic acids is 3. The second-order valence-electron chi connectivity index (χ2n) is 11.5. The number of aromatic nitrogens is 1. The van der Waals surface area contributed by atoms with Crippen molar-refractivity contribution in [2.45, 2.75) is 43.2 Å². The van der Waals surface area contributed by atoms with Gasteiger partial charge in [0.25, 0.3) is 11.8 Å². The molecule has 3 aromatic rings. The zero-order valence-corrected chi connectivity index (χ0v) is 25.4. The Kier molecular flexibility index (Phi) is 9.52. The van der Waals surface area contributed by atoms with Gasteiger partial charge in [-0.25, -0.2) is 8.42 Å². The first-order valence-corrected chi connectivity index (χ1v) is 16.6. The molecule has 2 aromatic carbocycles. The Morgan fingerprint density at radius 2 is 1.52 bits per heavy atom. The summed E-state index contributed by atoms with van der Waals surface area (Å²) in [7, 11) is -3.33. The van der Waals surface area contributed by atoms with Crippen LogP contribution in [0.1, 0.15) is 68.0 Å². The predicted molar refractivity (Wildman–Crippen MR) is 164 cm³/mol. The number of Topliss-reactive ketones (excluding diaryl/α,β-unsaturated/α-hetero) is 1. The van der Waals surface area contributed by atoms with Crippen molar-refractivity contribution in [1.29, 1.82) is 5.26 Å². The van der Waals surface area contributed by atoms with Crippen molar-refractivity contribution < 1.29 is 22.8 Å². The molecule has 0 aliphatic carbocycles. The van der Waals surface area contributed by atoms with Crippen LogP contribution in [0, 0.1) is 17.2 Å². The monoisotopic (exact) mass is 613 g/mol. The first kappa shape index (κ1) is 31.0. The number of benzene rings is 2. The van der Waals surface area contributed by atoms with Crippen molar-refractivity contribution in [1.82, 2.24) is 20.1 Å². The summed E-state index contributed by atoms with van der Waals surface area (Å²) in [6.45, 7) is 3.34. The third-order valence-electron chi connectivity index (χ3n) is 8.38. The first-order chi connectivity index (χ1) is 21.1. The van der Waals surface area contributed by atoms with E-state index < -0.39 is 9.84 Å². The highest BCUT2D eigenvalue weighted by molar-refractivity contribution is 7.90. The number of hydrogen-bond donors (Lipinski definition) is 1. The summed E-state index contributed by atoms with van der Waals surface area (Å²) >= 11 is 0. The van der Waals surface area contributed by atoms with E-state index in [2.05, 4.69) is 21.3 Å². The molecule has 0 bridgehead atoms. The molecule has 2 saturated heterocycles. The molecule has 2 aliphatic heterocycles. The first-order valence-electron chi connectivity index (χ1n) is 14.7. The molecule has 0 radical (unpaired) electrons. The Hall–Kier alpha value is -4.40. The van der Waals surface area contributed by atoms with E-state index in [1.165, 1.54) is 18.3 Å². The van der Waals surface area contributed by atoms with E-state index in [4.69, 9.17) is 5.26 Å². The molecule has 2 amide bonds. The van der Waals surface area contributed by atoms with Crippen LogP contribution in [0.2, 0.25) is 0 Å². The minimum Gasteiger partial charge on any atom is -0.348 e. The highest BCUT2D eigenvalue weighted by Crippen LogP contribution is 2.24. The van der Waals surface area contributed by atoms with Crippen molar-refractivity contribution in [3.63, 3.8) is 0 Å². The normalized spacial score (nSPS) is 16.7. The Morgan fingerprint density at radius 1 is 0.886 bits per heavy atom. The van der Waals surface area contributed by atoms with Crippen LogP contribution in [0.15, 0.2) is 71.8 Å². The molecule has 1 N–H and O–H groups in total. The lowest BCUT2D eigenvalue weighted by Crippen LogP contribution is -2.44. The van der Waals surface area contributed by atoms with Gasteiger partial charge in [0.1, 0.15) is 5.69 Å². The van der Waals surface area contributed by atoms with E-state index in [0.29, 0.717) is 42.6 Å². The summed E-state index contributed by atoms with van der Waals surface area (Å²) in [6.07, 6.45) is 5.22. The lowest BCUT2D eigenvalue weighted by atomic mass is 9.88. The topological polar surface area (TPSA) is 141 Å². The quantitative estimate of drug-likeness (QED) is 0.381. The number of hydrogen-bond acceptors (Lipinski definition) is 8. The largest absolute Gasteiger partial charge is 0.348 e. The van der Waals surface area contributed by atoms with Crippen LogP contribution in [0.5, 0.6) is 0 Å². The number of rotatable bonds is 8. The smallest absolute Gasteiger partial charge is 0.270 e. The fraction of sp³-hybridized carbons (Fsp3) is 0.364. The van der Waals surface area contributed by atoms with Gasteiger partial charge in [0.05, 0.1) is 22.1 Å². The minimum absolute atomic E-state index is 0.0458. The molecule has 1 aromatic heterocycles. The summed E-state index contributed by atoms with van der Waals surface area (Å²) in [6, 6.07) is 18.9. The van der Waals surface area contributed by atoms with E-state index >= 15 is 0 Å². The van der Waals surface area contributed by atoms with Crippen molar-refractivity contribution in [2.75, 3.05) is 32.4 Å². The average Bonchev–Trinajstić information content (AvgIpc) is 3.05. The van der Waals surface area contributed by atoms with Gasteiger partial charge in [-0.15, -0.1) is 0 Å². The molecular weight excluding hydrogens is 578 g/mol. The third kappa shape index (κ3) is 7.56. The summed E-state index contributed by atoms with van der Waals surface area (Å²) in [5.41, 5.74) is 2.91. The van der Waals surface area contributed by atoms with Crippen molar-refractivity contribution >= 4 is 27.4 Å². The number of carbonyl (C=O) groups is 3. The highest BCUT2D eigenvalue weighted by Gasteiger charge is 2.29. The van der Waals surface area contributed by atoms with Crippen molar-refractivity contribution in [3.05, 3.63) is 94.8 Å². The molecule has 44 heavy (non-hydrogen) atoms. The number of nitrogens with zero attached hydrogens (tertiary/aromatic N) is 4. The van der Waals surface area contributed by atoms with Gasteiger partial charge in [0.2, 0.25) is 0 Å². The van der Waals surface area contributed by atoms with Crippen LogP contribution in [0.3, 0.4) is 0 Å². The second kappa shape index (κ2) is 13.5. The molecular formula is C33H35N5O5S. The third-order valence-corrected chi connectivity index (χ3v) is 9.50. The van der Waals surface area contributed by atoms with Gasteiger partial charge in [-0.1, -0.05) is 24.3 Å². The summed E-state index contributed by atoms with van der Waals surface area (Å²) in [5.74, 6) is -0.748. The molecule has 0 spiro atoms. The van der Waals surface area contributed by atoms with Crippen LogP contribution in [0.25, 0.3) is 0 Å². The number of likely N-dealkylation sites (tertiary alicyclic amines) is 2. The molecule has 10 nitrogen and oxygen atoms in total. The average molecular weight is 614 g/mol. The van der Waals surface area contributed by atoms with Gasteiger partial charge in [-0.2, -0.15) is 5.26 Å². The van der Waals surface area contributed by atoms with E-state index in [1.807, 2.05) is 24.3 Å². The van der Waals surface area contributed by atoms with Crippen molar-refractivity contribution in [2.24, 2.45) is 5.92 Å². The van der Waals surface area contributed by atoms with E-state index in [-0.39, 0.29) is 40.1 Å². The Bertz CT molecular complexity index is 1650. The van der Waals surface area contributed by atoms with E-state index in [1.54, 1.807) is 29.2 Å².